The number of hydrogen-bond acceptors (Lipinski definition) is 4. The number of piperidine rings is 1. The van der Waals surface area contributed by atoms with Gasteiger partial charge in [-0.1, -0.05) is 6.42 Å². The fourth-order valence-electron chi connectivity index (χ4n) is 3.72. The summed E-state index contributed by atoms with van der Waals surface area (Å²) >= 11 is 0. The molecule has 24 heavy (non-hydrogen) atoms. The Kier molecular flexibility index (Phi) is 5.68. The van der Waals surface area contributed by atoms with Crippen molar-refractivity contribution >= 4 is 5.91 Å². The number of β-amino-alcohol motifs (C(OH)–C–C–N with tert-alkyl or cyclic N) is 1. The van der Waals surface area contributed by atoms with Crippen LogP contribution in [0.25, 0.3) is 0 Å². The fraction of sp³-hybridized carbons (Fsp3) is 0.611. The van der Waals surface area contributed by atoms with Crippen molar-refractivity contribution in [2.75, 3.05) is 26.2 Å². The fourth-order valence-corrected chi connectivity index (χ4v) is 3.72. The molecule has 6 heteroatoms. The lowest BCUT2D eigenvalue weighted by atomic mass is 9.89. The Hall–Kier alpha value is -1.66. The number of benzene rings is 1. The normalized spacial score (nSPS) is 26.2. The van der Waals surface area contributed by atoms with Crippen LogP contribution in [0.15, 0.2) is 24.3 Å². The molecule has 1 aromatic carbocycles. The first-order valence-corrected chi connectivity index (χ1v) is 8.69. The zero-order valence-corrected chi connectivity index (χ0v) is 13.8. The van der Waals surface area contributed by atoms with Gasteiger partial charge in [0.15, 0.2) is 0 Å². The Morgan fingerprint density at radius 1 is 1.33 bits per heavy atom. The summed E-state index contributed by atoms with van der Waals surface area (Å²) in [4.78, 5) is 13.8. The maximum atomic E-state index is 12.9. The topological polar surface area (TPSA) is 61.8 Å². The van der Waals surface area contributed by atoms with Crippen molar-refractivity contribution in [1.82, 2.24) is 10.2 Å². The second-order valence-corrected chi connectivity index (χ2v) is 6.75. The van der Waals surface area contributed by atoms with Crippen LogP contribution < -0.4 is 10.1 Å². The van der Waals surface area contributed by atoms with Crippen LogP contribution in [0.1, 0.15) is 25.7 Å². The number of carbonyl (C=O) groups excluding carboxylic acids is 1. The summed E-state index contributed by atoms with van der Waals surface area (Å²) < 4.78 is 18.4. The van der Waals surface area contributed by atoms with E-state index >= 15 is 0 Å². The van der Waals surface area contributed by atoms with Crippen molar-refractivity contribution in [2.45, 2.75) is 37.8 Å². The number of rotatable bonds is 6. The van der Waals surface area contributed by atoms with Crippen LogP contribution in [-0.4, -0.2) is 54.3 Å². The lowest BCUT2D eigenvalue weighted by Gasteiger charge is -2.39. The van der Waals surface area contributed by atoms with Gasteiger partial charge in [0.25, 0.3) is 0 Å². The van der Waals surface area contributed by atoms with Gasteiger partial charge in [-0.05, 0) is 43.7 Å². The summed E-state index contributed by atoms with van der Waals surface area (Å²) in [6, 6.07) is 6.14. The van der Waals surface area contributed by atoms with Crippen LogP contribution >= 0.6 is 0 Å². The molecule has 5 nitrogen and oxygen atoms in total. The molecule has 2 saturated heterocycles. The molecule has 0 spiro atoms. The predicted octanol–water partition coefficient (Wildman–Crippen LogP) is 1.56. The van der Waals surface area contributed by atoms with Crippen molar-refractivity contribution in [3.63, 3.8) is 0 Å². The number of carbonyl (C=O) groups is 1. The molecule has 0 bridgehead atoms. The maximum absolute atomic E-state index is 12.9. The molecule has 0 saturated carbocycles. The van der Waals surface area contributed by atoms with Crippen LogP contribution in [0.2, 0.25) is 0 Å². The molecule has 2 fully saturated rings. The van der Waals surface area contributed by atoms with Crippen molar-refractivity contribution in [1.29, 1.82) is 0 Å². The second-order valence-electron chi connectivity index (χ2n) is 6.75. The zero-order valence-electron chi connectivity index (χ0n) is 13.8. The molecule has 0 radical (unpaired) electrons. The van der Waals surface area contributed by atoms with Crippen LogP contribution in [0.3, 0.4) is 0 Å². The number of nitrogens with one attached hydrogen (secondary N) is 1. The molecular formula is C18H25FN2O3. The highest BCUT2D eigenvalue weighted by molar-refractivity contribution is 5.78. The number of halogens is 1. The monoisotopic (exact) mass is 336 g/mol. The average molecular weight is 336 g/mol. The largest absolute Gasteiger partial charge is 0.491 e. The summed E-state index contributed by atoms with van der Waals surface area (Å²) in [5.74, 6) is 0.712. The Bertz CT molecular complexity index is 552. The molecular weight excluding hydrogens is 311 g/mol. The summed E-state index contributed by atoms with van der Waals surface area (Å²) in [6.07, 6.45) is 3.35. The summed E-state index contributed by atoms with van der Waals surface area (Å²) in [7, 11) is 0. The van der Waals surface area contributed by atoms with Gasteiger partial charge in [0, 0.05) is 31.5 Å². The Balaban J connectivity index is 1.50. The van der Waals surface area contributed by atoms with Gasteiger partial charge in [-0.25, -0.2) is 4.39 Å². The van der Waals surface area contributed by atoms with E-state index in [2.05, 4.69) is 10.2 Å². The summed E-state index contributed by atoms with van der Waals surface area (Å²) in [5.41, 5.74) is 0. The van der Waals surface area contributed by atoms with Gasteiger partial charge >= 0.3 is 0 Å². The van der Waals surface area contributed by atoms with Gasteiger partial charge in [-0.15, -0.1) is 0 Å². The molecule has 3 rings (SSSR count). The number of likely N-dealkylation sites (tertiary alicyclic amines) is 1. The molecule has 0 aromatic heterocycles. The number of nitrogens with zero attached hydrogens (tertiary/aromatic N) is 1. The highest BCUT2D eigenvalue weighted by Gasteiger charge is 2.35. The third-order valence-electron chi connectivity index (χ3n) is 4.92. The van der Waals surface area contributed by atoms with Crippen LogP contribution in [0.5, 0.6) is 5.75 Å². The molecule has 0 aliphatic carbocycles. The van der Waals surface area contributed by atoms with Crippen molar-refractivity contribution in [3.05, 3.63) is 30.1 Å². The number of aliphatic hydroxyl groups excluding tert-OH is 1. The second kappa shape index (κ2) is 7.94. The highest BCUT2D eigenvalue weighted by Crippen LogP contribution is 2.27. The number of hydrogen-bond donors (Lipinski definition) is 2. The van der Waals surface area contributed by atoms with Gasteiger partial charge < -0.3 is 15.2 Å². The molecule has 3 unspecified atom stereocenters. The van der Waals surface area contributed by atoms with Crippen molar-refractivity contribution in [2.24, 2.45) is 5.92 Å². The van der Waals surface area contributed by atoms with Crippen LogP contribution in [-0.2, 0) is 4.79 Å². The standard InChI is InChI=1S/C18H25FN2O3/c19-14-4-6-16(7-5-14)24-12-15(22)11-21-8-2-1-3-17(21)13-9-18(23)20-10-13/h4-7,13,15,17,22H,1-3,8-12H2,(H,20,23). The Morgan fingerprint density at radius 2 is 2.12 bits per heavy atom. The van der Waals surface area contributed by atoms with Crippen molar-refractivity contribution in [3.8, 4) is 5.75 Å². The molecule has 2 N–H and O–H groups in total. The van der Waals surface area contributed by atoms with E-state index in [0.29, 0.717) is 30.7 Å². The minimum atomic E-state index is -0.610. The van der Waals surface area contributed by atoms with E-state index in [4.69, 9.17) is 4.74 Å². The highest BCUT2D eigenvalue weighted by atomic mass is 19.1. The first-order valence-electron chi connectivity index (χ1n) is 8.69. The molecule has 1 amide bonds. The van der Waals surface area contributed by atoms with E-state index in [1.807, 2.05) is 0 Å². The van der Waals surface area contributed by atoms with Crippen molar-refractivity contribution < 1.29 is 19.0 Å². The third-order valence-corrected chi connectivity index (χ3v) is 4.92. The van der Waals surface area contributed by atoms with Gasteiger partial charge in [-0.3, -0.25) is 9.69 Å². The van der Waals surface area contributed by atoms with E-state index in [-0.39, 0.29) is 18.3 Å². The van der Waals surface area contributed by atoms with Crippen LogP contribution in [0, 0.1) is 11.7 Å². The summed E-state index contributed by atoms with van der Waals surface area (Å²) in [5, 5.41) is 13.2. The number of ether oxygens (including phenoxy) is 1. The average Bonchev–Trinajstić information content (AvgIpc) is 3.01. The van der Waals surface area contributed by atoms with E-state index in [1.54, 1.807) is 12.1 Å². The SMILES string of the molecule is O=C1CC(C2CCCCN2CC(O)COc2ccc(F)cc2)CN1. The Morgan fingerprint density at radius 3 is 2.83 bits per heavy atom. The molecule has 2 aliphatic rings. The van der Waals surface area contributed by atoms with E-state index in [0.717, 1.165) is 25.9 Å². The van der Waals surface area contributed by atoms with Crippen LogP contribution in [0.4, 0.5) is 4.39 Å². The molecule has 1 aromatic rings. The van der Waals surface area contributed by atoms with Gasteiger partial charge in [-0.2, -0.15) is 0 Å². The molecule has 2 heterocycles. The predicted molar refractivity (Wildman–Crippen MR) is 88.2 cm³/mol. The third kappa shape index (κ3) is 4.45. The number of aliphatic hydroxyl groups is 1. The number of amides is 1. The minimum absolute atomic E-state index is 0.130. The van der Waals surface area contributed by atoms with E-state index in [9.17, 15) is 14.3 Å². The van der Waals surface area contributed by atoms with E-state index in [1.165, 1.54) is 18.6 Å². The molecule has 132 valence electrons. The lowest BCUT2D eigenvalue weighted by molar-refractivity contribution is -0.119. The van der Waals surface area contributed by atoms with Gasteiger partial charge in [0.05, 0.1) is 0 Å². The lowest BCUT2D eigenvalue weighted by Crippen LogP contribution is -2.48. The first kappa shape index (κ1) is 17.2. The maximum Gasteiger partial charge on any atom is 0.220 e. The first-order chi connectivity index (χ1) is 11.6. The zero-order chi connectivity index (χ0) is 16.9. The Labute approximate surface area is 141 Å². The molecule has 3 atom stereocenters. The van der Waals surface area contributed by atoms with Gasteiger partial charge in [0.1, 0.15) is 24.3 Å². The smallest absolute Gasteiger partial charge is 0.220 e. The quantitative estimate of drug-likeness (QED) is 0.828. The molecule has 2 aliphatic heterocycles. The summed E-state index contributed by atoms with van der Waals surface area (Å²) in [6.45, 7) is 2.40. The van der Waals surface area contributed by atoms with E-state index < -0.39 is 6.10 Å². The minimum Gasteiger partial charge on any atom is -0.491 e. The van der Waals surface area contributed by atoms with Gasteiger partial charge in [0.2, 0.25) is 5.91 Å².